The Balaban J connectivity index is 1.72. The van der Waals surface area contributed by atoms with Gasteiger partial charge < -0.3 is 15.7 Å². The van der Waals surface area contributed by atoms with Gasteiger partial charge in [0.2, 0.25) is 5.91 Å². The van der Waals surface area contributed by atoms with Crippen LogP contribution in [0.4, 0.5) is 5.69 Å². The van der Waals surface area contributed by atoms with Crippen molar-refractivity contribution in [1.29, 1.82) is 0 Å². The molecule has 2 aromatic rings. The summed E-state index contributed by atoms with van der Waals surface area (Å²) < 4.78 is 0. The van der Waals surface area contributed by atoms with Crippen LogP contribution < -0.4 is 10.6 Å². The number of anilines is 1. The van der Waals surface area contributed by atoms with E-state index in [1.807, 2.05) is 12.1 Å². The zero-order valence-electron chi connectivity index (χ0n) is 15.8. The first-order valence-electron chi connectivity index (χ1n) is 9.45. The van der Waals surface area contributed by atoms with E-state index in [0.29, 0.717) is 11.3 Å². The van der Waals surface area contributed by atoms with Crippen LogP contribution in [-0.4, -0.2) is 28.9 Å². The van der Waals surface area contributed by atoms with Crippen LogP contribution in [0.15, 0.2) is 42.5 Å². The van der Waals surface area contributed by atoms with Gasteiger partial charge in [-0.3, -0.25) is 9.59 Å². The third kappa shape index (κ3) is 4.76. The smallest absolute Gasteiger partial charge is 0.326 e. The number of hydrogen-bond donors (Lipinski definition) is 3. The van der Waals surface area contributed by atoms with Gasteiger partial charge in [-0.05, 0) is 60.6 Å². The number of aliphatic carboxylic acids is 1. The Hall–Kier alpha value is -3.15. The minimum Gasteiger partial charge on any atom is -0.480 e. The lowest BCUT2D eigenvalue weighted by Crippen LogP contribution is -2.42. The number of nitrogens with one attached hydrogen (secondary N) is 2. The second-order valence-corrected chi connectivity index (χ2v) is 7.10. The van der Waals surface area contributed by atoms with Crippen LogP contribution in [-0.2, 0) is 28.9 Å². The van der Waals surface area contributed by atoms with E-state index < -0.39 is 12.0 Å². The Kier molecular flexibility index (Phi) is 6.09. The number of fused-ring (bicyclic) bond motifs is 1. The first-order valence-corrected chi connectivity index (χ1v) is 9.45. The number of carbonyl (C=O) groups excluding carboxylic acids is 2. The quantitative estimate of drug-likeness (QED) is 0.718. The zero-order valence-corrected chi connectivity index (χ0v) is 15.8. The van der Waals surface area contributed by atoms with Gasteiger partial charge in [0.25, 0.3) is 5.91 Å². The normalized spacial score (nSPS) is 13.9. The summed E-state index contributed by atoms with van der Waals surface area (Å²) in [5.41, 5.74) is 4.19. The fourth-order valence-electron chi connectivity index (χ4n) is 3.59. The number of benzene rings is 2. The van der Waals surface area contributed by atoms with E-state index in [4.69, 9.17) is 0 Å². The molecule has 0 radical (unpaired) electrons. The van der Waals surface area contributed by atoms with E-state index in [1.54, 1.807) is 30.3 Å². The second-order valence-electron chi connectivity index (χ2n) is 7.10. The molecular formula is C22H24N2O4. The van der Waals surface area contributed by atoms with Crippen molar-refractivity contribution in [3.05, 3.63) is 64.7 Å². The Morgan fingerprint density at radius 1 is 1.04 bits per heavy atom. The van der Waals surface area contributed by atoms with E-state index in [2.05, 4.69) is 10.6 Å². The fourth-order valence-corrected chi connectivity index (χ4v) is 3.59. The largest absolute Gasteiger partial charge is 0.480 e. The number of hydrogen-bond acceptors (Lipinski definition) is 3. The van der Waals surface area contributed by atoms with Gasteiger partial charge >= 0.3 is 5.97 Å². The average Bonchev–Trinajstić information content (AvgIpc) is 2.68. The molecule has 1 aliphatic carbocycles. The predicted molar refractivity (Wildman–Crippen MR) is 106 cm³/mol. The van der Waals surface area contributed by atoms with Crippen molar-refractivity contribution in [2.75, 3.05) is 5.32 Å². The van der Waals surface area contributed by atoms with Crippen LogP contribution >= 0.6 is 0 Å². The molecule has 0 heterocycles. The molecule has 6 nitrogen and oxygen atoms in total. The highest BCUT2D eigenvalue weighted by molar-refractivity contribution is 5.98. The predicted octanol–water partition coefficient (Wildman–Crippen LogP) is 2.95. The SMILES string of the molecule is CC(=O)Nc1ccc(CC(NC(=O)c2cccc3c2CCCC3)C(=O)O)cc1. The summed E-state index contributed by atoms with van der Waals surface area (Å²) in [4.78, 5) is 35.6. The summed E-state index contributed by atoms with van der Waals surface area (Å²) in [6, 6.07) is 11.6. The van der Waals surface area contributed by atoms with E-state index in [0.717, 1.165) is 36.8 Å². The summed E-state index contributed by atoms with van der Waals surface area (Å²) in [6.07, 6.45) is 4.13. The molecule has 1 aliphatic rings. The molecule has 2 amide bonds. The van der Waals surface area contributed by atoms with Gasteiger partial charge in [0.15, 0.2) is 0 Å². The molecule has 1 atom stereocenters. The molecular weight excluding hydrogens is 356 g/mol. The third-order valence-corrected chi connectivity index (χ3v) is 4.96. The Morgan fingerprint density at radius 3 is 2.43 bits per heavy atom. The van der Waals surface area contributed by atoms with Crippen LogP contribution in [0.1, 0.15) is 46.8 Å². The Morgan fingerprint density at radius 2 is 1.75 bits per heavy atom. The lowest BCUT2D eigenvalue weighted by Gasteiger charge is -2.20. The number of amides is 2. The molecule has 0 fully saturated rings. The maximum Gasteiger partial charge on any atom is 0.326 e. The highest BCUT2D eigenvalue weighted by atomic mass is 16.4. The lowest BCUT2D eigenvalue weighted by atomic mass is 9.88. The third-order valence-electron chi connectivity index (χ3n) is 4.96. The van der Waals surface area contributed by atoms with E-state index in [9.17, 15) is 19.5 Å². The Labute approximate surface area is 164 Å². The van der Waals surface area contributed by atoms with Crippen molar-refractivity contribution < 1.29 is 19.5 Å². The van der Waals surface area contributed by atoms with Gasteiger partial charge in [0, 0.05) is 24.6 Å². The van der Waals surface area contributed by atoms with Gasteiger partial charge in [-0.25, -0.2) is 4.79 Å². The minimum absolute atomic E-state index is 0.163. The van der Waals surface area contributed by atoms with Crippen molar-refractivity contribution in [3.63, 3.8) is 0 Å². The van der Waals surface area contributed by atoms with E-state index in [-0.39, 0.29) is 18.2 Å². The summed E-state index contributed by atoms with van der Waals surface area (Å²) >= 11 is 0. The van der Waals surface area contributed by atoms with E-state index in [1.165, 1.54) is 12.5 Å². The molecule has 2 aromatic carbocycles. The number of rotatable bonds is 6. The minimum atomic E-state index is -1.08. The van der Waals surface area contributed by atoms with E-state index >= 15 is 0 Å². The summed E-state index contributed by atoms with van der Waals surface area (Å²) in [5, 5.41) is 14.9. The average molecular weight is 380 g/mol. The zero-order chi connectivity index (χ0) is 20.1. The van der Waals surface area contributed by atoms with Crippen LogP contribution in [0.3, 0.4) is 0 Å². The van der Waals surface area contributed by atoms with Crippen LogP contribution in [0.25, 0.3) is 0 Å². The molecule has 3 rings (SSSR count). The Bertz CT molecular complexity index is 890. The lowest BCUT2D eigenvalue weighted by molar-refractivity contribution is -0.139. The topological polar surface area (TPSA) is 95.5 Å². The number of carbonyl (C=O) groups is 3. The molecule has 0 saturated carbocycles. The maximum absolute atomic E-state index is 12.8. The highest BCUT2D eigenvalue weighted by Gasteiger charge is 2.24. The van der Waals surface area contributed by atoms with Gasteiger partial charge in [-0.15, -0.1) is 0 Å². The molecule has 6 heteroatoms. The molecule has 0 aliphatic heterocycles. The van der Waals surface area contributed by atoms with Crippen molar-refractivity contribution in [2.24, 2.45) is 0 Å². The maximum atomic E-state index is 12.8. The molecule has 0 spiro atoms. The van der Waals surface area contributed by atoms with Crippen molar-refractivity contribution in [1.82, 2.24) is 5.32 Å². The first kappa shape index (κ1) is 19.6. The standard InChI is InChI=1S/C22H24N2O4/c1-14(25)23-17-11-9-15(10-12-17)13-20(22(27)28)24-21(26)19-8-4-6-16-5-2-3-7-18(16)19/h4,6,8-12,20H,2-3,5,7,13H2,1H3,(H,23,25)(H,24,26)(H,27,28). The van der Waals surface area contributed by atoms with Gasteiger partial charge in [0.05, 0.1) is 0 Å². The van der Waals surface area contributed by atoms with Crippen molar-refractivity contribution >= 4 is 23.5 Å². The van der Waals surface area contributed by atoms with Crippen LogP contribution in [0, 0.1) is 0 Å². The summed E-state index contributed by atoms with van der Waals surface area (Å²) in [7, 11) is 0. The second kappa shape index (κ2) is 8.69. The number of carboxylic acids is 1. The van der Waals surface area contributed by atoms with Gasteiger partial charge in [0.1, 0.15) is 6.04 Å². The molecule has 0 bridgehead atoms. The van der Waals surface area contributed by atoms with Crippen molar-refractivity contribution in [2.45, 2.75) is 45.1 Å². The monoisotopic (exact) mass is 380 g/mol. The molecule has 0 aromatic heterocycles. The summed E-state index contributed by atoms with van der Waals surface area (Å²) in [5.74, 6) is -1.60. The van der Waals surface area contributed by atoms with Gasteiger partial charge in [-0.2, -0.15) is 0 Å². The molecule has 28 heavy (non-hydrogen) atoms. The molecule has 3 N–H and O–H groups in total. The molecule has 146 valence electrons. The number of aryl methyl sites for hydroxylation is 1. The van der Waals surface area contributed by atoms with Crippen LogP contribution in [0.5, 0.6) is 0 Å². The molecule has 1 unspecified atom stereocenters. The molecule has 0 saturated heterocycles. The first-order chi connectivity index (χ1) is 13.4. The van der Waals surface area contributed by atoms with Crippen LogP contribution in [0.2, 0.25) is 0 Å². The summed E-state index contributed by atoms with van der Waals surface area (Å²) in [6.45, 7) is 1.42. The number of carboxylic acid groups (broad SMARTS) is 1. The van der Waals surface area contributed by atoms with Gasteiger partial charge in [-0.1, -0.05) is 24.3 Å². The van der Waals surface area contributed by atoms with Crippen molar-refractivity contribution in [3.8, 4) is 0 Å². The fraction of sp³-hybridized carbons (Fsp3) is 0.318. The highest BCUT2D eigenvalue weighted by Crippen LogP contribution is 2.24.